The molecule has 3 aromatic rings. The van der Waals surface area contributed by atoms with E-state index in [2.05, 4.69) is 4.98 Å². The van der Waals surface area contributed by atoms with E-state index in [1.54, 1.807) is 31.4 Å². The fourth-order valence-corrected chi connectivity index (χ4v) is 2.21. The second-order valence-electron chi connectivity index (χ2n) is 5.23. The number of nitrogens with zero attached hydrogens (tertiary/aromatic N) is 1. The van der Waals surface area contributed by atoms with Crippen LogP contribution in [-0.2, 0) is 6.61 Å². The van der Waals surface area contributed by atoms with Crippen molar-refractivity contribution in [2.75, 3.05) is 7.11 Å². The van der Waals surface area contributed by atoms with Crippen molar-refractivity contribution >= 4 is 6.29 Å². The quantitative estimate of drug-likeness (QED) is 0.640. The summed E-state index contributed by atoms with van der Waals surface area (Å²) in [5.41, 5.74) is 2.22. The van der Waals surface area contributed by atoms with Crippen LogP contribution in [-0.4, -0.2) is 18.4 Å². The summed E-state index contributed by atoms with van der Waals surface area (Å²) in [7, 11) is 1.63. The molecule has 0 aliphatic rings. The van der Waals surface area contributed by atoms with Gasteiger partial charge in [0.15, 0.2) is 0 Å². The average molecular weight is 323 g/mol. The number of hydrogen-bond donors (Lipinski definition) is 0. The van der Waals surface area contributed by atoms with Crippen molar-refractivity contribution in [2.45, 2.75) is 13.5 Å². The molecule has 2 aromatic carbocycles. The molecule has 24 heavy (non-hydrogen) atoms. The van der Waals surface area contributed by atoms with E-state index in [4.69, 9.17) is 13.9 Å². The number of benzene rings is 2. The fraction of sp³-hybridized carbons (Fsp3) is 0.158. The van der Waals surface area contributed by atoms with E-state index in [-0.39, 0.29) is 0 Å². The third-order valence-corrected chi connectivity index (χ3v) is 3.62. The minimum atomic E-state index is 0.298. The summed E-state index contributed by atoms with van der Waals surface area (Å²) >= 11 is 0. The Morgan fingerprint density at radius 3 is 2.33 bits per heavy atom. The molecule has 5 heteroatoms. The highest BCUT2D eigenvalue weighted by molar-refractivity contribution is 5.74. The molecule has 0 atom stereocenters. The van der Waals surface area contributed by atoms with E-state index in [1.165, 1.54) is 0 Å². The lowest BCUT2D eigenvalue weighted by atomic mass is 10.2. The predicted molar refractivity (Wildman–Crippen MR) is 89.4 cm³/mol. The molecule has 0 radical (unpaired) electrons. The highest BCUT2D eigenvalue weighted by Crippen LogP contribution is 2.24. The minimum Gasteiger partial charge on any atom is -0.497 e. The van der Waals surface area contributed by atoms with Gasteiger partial charge < -0.3 is 13.9 Å². The number of methoxy groups -OCH3 is 1. The fourth-order valence-electron chi connectivity index (χ4n) is 2.21. The zero-order valence-corrected chi connectivity index (χ0v) is 13.5. The van der Waals surface area contributed by atoms with E-state index < -0.39 is 0 Å². The third kappa shape index (κ3) is 3.46. The number of aldehydes is 1. The Bertz CT molecular complexity index is 820. The molecule has 0 aliphatic carbocycles. The number of hydrogen-bond acceptors (Lipinski definition) is 5. The Morgan fingerprint density at radius 1 is 1.04 bits per heavy atom. The van der Waals surface area contributed by atoms with Crippen LogP contribution >= 0.6 is 0 Å². The van der Waals surface area contributed by atoms with Crippen molar-refractivity contribution in [2.24, 2.45) is 0 Å². The second-order valence-corrected chi connectivity index (χ2v) is 5.23. The molecular weight excluding hydrogens is 306 g/mol. The summed E-state index contributed by atoms with van der Waals surface area (Å²) in [5, 5.41) is 0. The van der Waals surface area contributed by atoms with Crippen LogP contribution < -0.4 is 9.47 Å². The lowest BCUT2D eigenvalue weighted by molar-refractivity contribution is 0.112. The average Bonchev–Trinajstić information content (AvgIpc) is 3.01. The molecule has 1 aromatic heterocycles. The first kappa shape index (κ1) is 15.8. The van der Waals surface area contributed by atoms with Gasteiger partial charge in [-0.25, -0.2) is 4.98 Å². The van der Waals surface area contributed by atoms with Crippen molar-refractivity contribution in [1.29, 1.82) is 0 Å². The topological polar surface area (TPSA) is 61.6 Å². The van der Waals surface area contributed by atoms with Gasteiger partial charge in [-0.15, -0.1) is 0 Å². The van der Waals surface area contributed by atoms with Gasteiger partial charge in [-0.05, 0) is 55.5 Å². The molecule has 0 unspecified atom stereocenters. The molecule has 0 saturated carbocycles. The van der Waals surface area contributed by atoms with Gasteiger partial charge in [0.2, 0.25) is 5.89 Å². The molecular formula is C19H17NO4. The lowest BCUT2D eigenvalue weighted by Gasteiger charge is -2.04. The monoisotopic (exact) mass is 323 g/mol. The van der Waals surface area contributed by atoms with Gasteiger partial charge in [-0.3, -0.25) is 4.79 Å². The standard InChI is InChI=1S/C19H17NO4/c1-13-18(12-23-17-7-3-14(11-21)4-8-17)20-19(24-13)15-5-9-16(22-2)10-6-15/h3-11H,12H2,1-2H3. The van der Waals surface area contributed by atoms with E-state index in [1.807, 2.05) is 31.2 Å². The molecule has 122 valence electrons. The maximum atomic E-state index is 10.6. The molecule has 3 rings (SSSR count). The van der Waals surface area contributed by atoms with Crippen molar-refractivity contribution in [3.05, 3.63) is 65.5 Å². The molecule has 5 nitrogen and oxygen atoms in total. The van der Waals surface area contributed by atoms with E-state index >= 15 is 0 Å². The van der Waals surface area contributed by atoms with Crippen molar-refractivity contribution in [1.82, 2.24) is 4.98 Å². The largest absolute Gasteiger partial charge is 0.497 e. The van der Waals surface area contributed by atoms with Crippen LogP contribution in [0, 0.1) is 6.92 Å². The van der Waals surface area contributed by atoms with Crippen LogP contribution in [0.25, 0.3) is 11.5 Å². The third-order valence-electron chi connectivity index (χ3n) is 3.62. The van der Waals surface area contributed by atoms with Gasteiger partial charge in [0.25, 0.3) is 0 Å². The second kappa shape index (κ2) is 7.00. The van der Waals surface area contributed by atoms with Gasteiger partial charge in [0.05, 0.1) is 7.11 Å². The SMILES string of the molecule is COc1ccc(-c2nc(COc3ccc(C=O)cc3)c(C)o2)cc1. The van der Waals surface area contributed by atoms with Crippen molar-refractivity contribution in [3.8, 4) is 23.0 Å². The summed E-state index contributed by atoms with van der Waals surface area (Å²) in [5.74, 6) is 2.72. The Balaban J connectivity index is 1.72. The first-order valence-electron chi connectivity index (χ1n) is 7.48. The predicted octanol–water partition coefficient (Wildman–Crippen LogP) is 4.05. The number of aryl methyl sites for hydroxylation is 1. The summed E-state index contributed by atoms with van der Waals surface area (Å²) in [6.45, 7) is 2.15. The summed E-state index contributed by atoms with van der Waals surface area (Å²) < 4.78 is 16.6. The highest BCUT2D eigenvalue weighted by Gasteiger charge is 2.12. The van der Waals surface area contributed by atoms with Gasteiger partial charge in [-0.1, -0.05) is 0 Å². The lowest BCUT2D eigenvalue weighted by Crippen LogP contribution is -1.97. The normalized spacial score (nSPS) is 10.4. The maximum Gasteiger partial charge on any atom is 0.226 e. The smallest absolute Gasteiger partial charge is 0.226 e. The molecule has 0 amide bonds. The highest BCUT2D eigenvalue weighted by atomic mass is 16.5. The maximum absolute atomic E-state index is 10.6. The number of ether oxygens (including phenoxy) is 2. The van der Waals surface area contributed by atoms with Crippen LogP contribution in [0.15, 0.2) is 52.9 Å². The van der Waals surface area contributed by atoms with Gasteiger partial charge in [0.1, 0.15) is 35.8 Å². The van der Waals surface area contributed by atoms with E-state index in [0.717, 1.165) is 23.3 Å². The number of aromatic nitrogens is 1. The first-order valence-corrected chi connectivity index (χ1v) is 7.48. The van der Waals surface area contributed by atoms with Crippen LogP contribution in [0.3, 0.4) is 0 Å². The Hall–Kier alpha value is -3.08. The number of carbonyl (C=O) groups excluding carboxylic acids is 1. The molecule has 1 heterocycles. The summed E-state index contributed by atoms with van der Waals surface area (Å²) in [4.78, 5) is 15.1. The number of oxazole rings is 1. The zero-order valence-electron chi connectivity index (χ0n) is 13.5. The van der Waals surface area contributed by atoms with E-state index in [0.29, 0.717) is 29.6 Å². The zero-order chi connectivity index (χ0) is 16.9. The molecule has 0 N–H and O–H groups in total. The van der Waals surface area contributed by atoms with Crippen LogP contribution in [0.1, 0.15) is 21.8 Å². The van der Waals surface area contributed by atoms with Gasteiger partial charge in [-0.2, -0.15) is 0 Å². The van der Waals surface area contributed by atoms with Crippen molar-refractivity contribution < 1.29 is 18.7 Å². The van der Waals surface area contributed by atoms with Gasteiger partial charge >= 0.3 is 0 Å². The Kier molecular flexibility index (Phi) is 4.61. The first-order chi connectivity index (χ1) is 11.7. The minimum absolute atomic E-state index is 0.298. The summed E-state index contributed by atoms with van der Waals surface area (Å²) in [6.07, 6.45) is 0.798. The molecule has 0 fully saturated rings. The molecule has 0 aliphatic heterocycles. The number of rotatable bonds is 6. The molecule has 0 spiro atoms. The van der Waals surface area contributed by atoms with Crippen molar-refractivity contribution in [3.63, 3.8) is 0 Å². The Labute approximate surface area is 139 Å². The molecule has 0 saturated heterocycles. The van der Waals surface area contributed by atoms with Crippen LogP contribution in [0.2, 0.25) is 0 Å². The summed E-state index contributed by atoms with van der Waals surface area (Å²) in [6, 6.07) is 14.4. The van der Waals surface area contributed by atoms with Crippen LogP contribution in [0.5, 0.6) is 11.5 Å². The Morgan fingerprint density at radius 2 is 1.71 bits per heavy atom. The van der Waals surface area contributed by atoms with Crippen LogP contribution in [0.4, 0.5) is 0 Å². The molecule has 0 bridgehead atoms. The van der Waals surface area contributed by atoms with Gasteiger partial charge in [0, 0.05) is 11.1 Å². The van der Waals surface area contributed by atoms with E-state index in [9.17, 15) is 4.79 Å². The number of carbonyl (C=O) groups is 1.